The molecule has 2 rings (SSSR count). The number of hydrogen-bond acceptors (Lipinski definition) is 3. The molecule has 0 atom stereocenters. The Morgan fingerprint density at radius 2 is 2.10 bits per heavy atom. The zero-order valence-electron chi connectivity index (χ0n) is 11.4. The molecule has 20 heavy (non-hydrogen) atoms. The number of nitrogens with one attached hydrogen (secondary N) is 1. The predicted molar refractivity (Wildman–Crippen MR) is 80.4 cm³/mol. The van der Waals surface area contributed by atoms with Gasteiger partial charge in [-0.25, -0.2) is 4.39 Å². The Morgan fingerprint density at radius 1 is 1.45 bits per heavy atom. The van der Waals surface area contributed by atoms with E-state index in [1.807, 2.05) is 0 Å². The summed E-state index contributed by atoms with van der Waals surface area (Å²) >= 11 is 3.08. The van der Waals surface area contributed by atoms with Crippen LogP contribution in [0.4, 0.5) is 15.8 Å². The summed E-state index contributed by atoms with van der Waals surface area (Å²) in [5.41, 5.74) is 0.382. The van der Waals surface area contributed by atoms with E-state index in [4.69, 9.17) is 0 Å². The van der Waals surface area contributed by atoms with Crippen LogP contribution in [0.2, 0.25) is 0 Å². The fourth-order valence-electron chi connectivity index (χ4n) is 2.89. The fourth-order valence-corrected chi connectivity index (χ4v) is 3.24. The largest absolute Gasteiger partial charge is 0.379 e. The first-order valence-corrected chi connectivity index (χ1v) is 7.64. The van der Waals surface area contributed by atoms with Crippen LogP contribution in [0.5, 0.6) is 0 Å². The summed E-state index contributed by atoms with van der Waals surface area (Å²) in [6.07, 6.45) is 5.77. The average molecular weight is 345 g/mol. The van der Waals surface area contributed by atoms with Gasteiger partial charge < -0.3 is 5.32 Å². The molecule has 0 aromatic heterocycles. The molecule has 1 aliphatic carbocycles. The van der Waals surface area contributed by atoms with E-state index in [0.29, 0.717) is 12.2 Å². The summed E-state index contributed by atoms with van der Waals surface area (Å²) in [5, 5.41) is 14.2. The molecule has 1 aliphatic rings. The third-order valence-corrected chi connectivity index (χ3v) is 4.91. The molecule has 0 radical (unpaired) electrons. The second-order valence-electron chi connectivity index (χ2n) is 5.45. The van der Waals surface area contributed by atoms with Gasteiger partial charge in [0.2, 0.25) is 0 Å². The normalized spacial score (nSPS) is 17.1. The SMILES string of the molecule is CCC1(CNc2cc(Br)c(F)cc2[N+](=O)[O-])CCCC1. The average Bonchev–Trinajstić information content (AvgIpc) is 2.89. The summed E-state index contributed by atoms with van der Waals surface area (Å²) in [6.45, 7) is 2.85. The van der Waals surface area contributed by atoms with Gasteiger partial charge in [-0.2, -0.15) is 0 Å². The summed E-state index contributed by atoms with van der Waals surface area (Å²) in [4.78, 5) is 10.5. The van der Waals surface area contributed by atoms with Gasteiger partial charge >= 0.3 is 0 Å². The molecular formula is C14H18BrFN2O2. The third kappa shape index (κ3) is 3.11. The maximum absolute atomic E-state index is 13.4. The molecular weight excluding hydrogens is 327 g/mol. The molecule has 0 spiro atoms. The van der Waals surface area contributed by atoms with Crippen molar-refractivity contribution in [3.63, 3.8) is 0 Å². The monoisotopic (exact) mass is 344 g/mol. The Kier molecular flexibility index (Phi) is 4.62. The molecule has 0 saturated heterocycles. The highest BCUT2D eigenvalue weighted by molar-refractivity contribution is 9.10. The van der Waals surface area contributed by atoms with E-state index >= 15 is 0 Å². The Labute approximate surface area is 126 Å². The molecule has 6 heteroatoms. The van der Waals surface area contributed by atoms with E-state index in [2.05, 4.69) is 28.2 Å². The topological polar surface area (TPSA) is 55.2 Å². The predicted octanol–water partition coefficient (Wildman–Crippen LogP) is 4.88. The number of nitro benzene ring substituents is 1. The first-order valence-electron chi connectivity index (χ1n) is 6.85. The maximum Gasteiger partial charge on any atom is 0.295 e. The lowest BCUT2D eigenvalue weighted by atomic mass is 9.83. The standard InChI is InChI=1S/C14H18BrFN2O2/c1-2-14(5-3-4-6-14)9-17-12-7-10(15)11(16)8-13(12)18(19)20/h7-8,17H,2-6,9H2,1H3. The van der Waals surface area contributed by atoms with Crippen molar-refractivity contribution in [3.8, 4) is 0 Å². The van der Waals surface area contributed by atoms with E-state index < -0.39 is 10.7 Å². The minimum Gasteiger partial charge on any atom is -0.379 e. The second-order valence-corrected chi connectivity index (χ2v) is 6.31. The lowest BCUT2D eigenvalue weighted by Crippen LogP contribution is -2.26. The first kappa shape index (κ1) is 15.2. The van der Waals surface area contributed by atoms with E-state index in [1.165, 1.54) is 18.9 Å². The Hall–Kier alpha value is -1.17. The maximum atomic E-state index is 13.4. The van der Waals surface area contributed by atoms with Crippen LogP contribution in [0, 0.1) is 21.3 Å². The Balaban J connectivity index is 2.20. The van der Waals surface area contributed by atoms with Crippen LogP contribution in [0.1, 0.15) is 39.0 Å². The molecule has 1 aromatic rings. The fraction of sp³-hybridized carbons (Fsp3) is 0.571. The number of anilines is 1. The molecule has 0 aliphatic heterocycles. The first-order chi connectivity index (χ1) is 9.47. The zero-order valence-corrected chi connectivity index (χ0v) is 13.0. The minimum absolute atomic E-state index is 0.213. The molecule has 1 N–H and O–H groups in total. The second kappa shape index (κ2) is 6.08. The van der Waals surface area contributed by atoms with Gasteiger partial charge in [0.05, 0.1) is 15.5 Å². The van der Waals surface area contributed by atoms with Gasteiger partial charge in [-0.1, -0.05) is 19.8 Å². The highest BCUT2D eigenvalue weighted by Gasteiger charge is 2.32. The number of nitrogens with zero attached hydrogens (tertiary/aromatic N) is 1. The number of hydrogen-bond donors (Lipinski definition) is 1. The van der Waals surface area contributed by atoms with Gasteiger partial charge in [0, 0.05) is 6.54 Å². The van der Waals surface area contributed by atoms with Crippen LogP contribution in [0.25, 0.3) is 0 Å². The minimum atomic E-state index is -0.617. The van der Waals surface area contributed by atoms with Gasteiger partial charge in [0.25, 0.3) is 5.69 Å². The Bertz CT molecular complexity index is 516. The van der Waals surface area contributed by atoms with E-state index in [0.717, 1.165) is 25.3 Å². The Morgan fingerprint density at radius 3 is 2.65 bits per heavy atom. The molecule has 1 aromatic carbocycles. The zero-order chi connectivity index (χ0) is 14.8. The van der Waals surface area contributed by atoms with Crippen molar-refractivity contribution in [1.29, 1.82) is 0 Å². The van der Waals surface area contributed by atoms with Gasteiger partial charge in [0.1, 0.15) is 11.5 Å². The smallest absolute Gasteiger partial charge is 0.295 e. The molecule has 0 amide bonds. The van der Waals surface area contributed by atoms with Crippen LogP contribution in [-0.2, 0) is 0 Å². The quantitative estimate of drug-likeness (QED) is 0.611. The van der Waals surface area contributed by atoms with E-state index in [1.54, 1.807) is 0 Å². The van der Waals surface area contributed by atoms with Gasteiger partial charge in [-0.3, -0.25) is 10.1 Å². The van der Waals surface area contributed by atoms with Crippen molar-refractivity contribution in [3.05, 3.63) is 32.5 Å². The molecule has 0 heterocycles. The molecule has 1 saturated carbocycles. The van der Waals surface area contributed by atoms with E-state index in [-0.39, 0.29) is 15.6 Å². The van der Waals surface area contributed by atoms with Crippen molar-refractivity contribution in [1.82, 2.24) is 0 Å². The van der Waals surface area contributed by atoms with Crippen molar-refractivity contribution in [2.24, 2.45) is 5.41 Å². The van der Waals surface area contributed by atoms with Crippen molar-refractivity contribution in [2.45, 2.75) is 39.0 Å². The van der Waals surface area contributed by atoms with Crippen LogP contribution < -0.4 is 5.32 Å². The highest BCUT2D eigenvalue weighted by atomic mass is 79.9. The van der Waals surface area contributed by atoms with Crippen LogP contribution in [-0.4, -0.2) is 11.5 Å². The lowest BCUT2D eigenvalue weighted by molar-refractivity contribution is -0.384. The van der Waals surface area contributed by atoms with Crippen molar-refractivity contribution in [2.75, 3.05) is 11.9 Å². The summed E-state index contributed by atoms with van der Waals surface area (Å²) in [6, 6.07) is 2.41. The number of benzene rings is 1. The van der Waals surface area contributed by atoms with Crippen LogP contribution in [0.15, 0.2) is 16.6 Å². The van der Waals surface area contributed by atoms with Crippen LogP contribution >= 0.6 is 15.9 Å². The number of halogens is 2. The van der Waals surface area contributed by atoms with Gasteiger partial charge in [-0.05, 0) is 46.7 Å². The summed E-state index contributed by atoms with van der Waals surface area (Å²) in [7, 11) is 0. The summed E-state index contributed by atoms with van der Waals surface area (Å²) in [5.74, 6) is -0.617. The molecule has 110 valence electrons. The molecule has 1 fully saturated rings. The van der Waals surface area contributed by atoms with Gasteiger partial charge in [-0.15, -0.1) is 0 Å². The highest BCUT2D eigenvalue weighted by Crippen LogP contribution is 2.41. The lowest BCUT2D eigenvalue weighted by Gasteiger charge is -2.28. The van der Waals surface area contributed by atoms with Crippen molar-refractivity contribution < 1.29 is 9.31 Å². The van der Waals surface area contributed by atoms with E-state index in [9.17, 15) is 14.5 Å². The van der Waals surface area contributed by atoms with Crippen molar-refractivity contribution >= 4 is 27.3 Å². The number of nitro groups is 1. The molecule has 4 nitrogen and oxygen atoms in total. The molecule has 0 bridgehead atoms. The third-order valence-electron chi connectivity index (χ3n) is 4.30. The number of rotatable bonds is 5. The van der Waals surface area contributed by atoms with Gasteiger partial charge in [0.15, 0.2) is 0 Å². The summed E-state index contributed by atoms with van der Waals surface area (Å²) < 4.78 is 13.7. The molecule has 0 unspecified atom stereocenters. The van der Waals surface area contributed by atoms with Crippen LogP contribution in [0.3, 0.4) is 0 Å².